The van der Waals surface area contributed by atoms with E-state index in [1.54, 1.807) is 4.90 Å². The molecule has 7 heteroatoms. The third-order valence-electron chi connectivity index (χ3n) is 3.79. The second-order valence-electron chi connectivity index (χ2n) is 5.48. The van der Waals surface area contributed by atoms with Crippen molar-refractivity contribution in [3.05, 3.63) is 0 Å². The van der Waals surface area contributed by atoms with Crippen molar-refractivity contribution in [3.63, 3.8) is 0 Å². The fraction of sp³-hybridized carbons (Fsp3) is 0.786. The van der Waals surface area contributed by atoms with Gasteiger partial charge in [-0.15, -0.1) is 0 Å². The Morgan fingerprint density at radius 2 is 2.10 bits per heavy atom. The Morgan fingerprint density at radius 1 is 1.38 bits per heavy atom. The summed E-state index contributed by atoms with van der Waals surface area (Å²) in [7, 11) is 0. The van der Waals surface area contributed by atoms with Crippen molar-refractivity contribution in [1.82, 2.24) is 10.2 Å². The Labute approximate surface area is 124 Å². The van der Waals surface area contributed by atoms with E-state index in [1.165, 1.54) is 0 Å². The predicted octanol–water partition coefficient (Wildman–Crippen LogP) is 1.07. The first kappa shape index (κ1) is 17.3. The molecule has 1 rings (SSSR count). The first-order chi connectivity index (χ1) is 9.95. The number of amides is 3. The minimum Gasteiger partial charge on any atom is -0.480 e. The lowest BCUT2D eigenvalue weighted by atomic mass is 9.98. The molecular formula is C14H25N3O4. The van der Waals surface area contributed by atoms with Gasteiger partial charge in [0, 0.05) is 19.0 Å². The van der Waals surface area contributed by atoms with Crippen molar-refractivity contribution in [2.45, 2.75) is 64.0 Å². The van der Waals surface area contributed by atoms with Crippen LogP contribution in [0.3, 0.4) is 0 Å². The molecule has 4 N–H and O–H groups in total. The number of piperidine rings is 1. The minimum absolute atomic E-state index is 0.0166. The molecule has 1 aliphatic rings. The van der Waals surface area contributed by atoms with E-state index in [1.807, 2.05) is 0 Å². The summed E-state index contributed by atoms with van der Waals surface area (Å²) in [6.45, 7) is 2.72. The van der Waals surface area contributed by atoms with Gasteiger partial charge in [0.2, 0.25) is 5.91 Å². The van der Waals surface area contributed by atoms with Crippen molar-refractivity contribution >= 4 is 17.9 Å². The minimum atomic E-state index is -1.14. The van der Waals surface area contributed by atoms with Crippen LogP contribution in [0.5, 0.6) is 0 Å². The van der Waals surface area contributed by atoms with Crippen LogP contribution in [-0.4, -0.2) is 46.5 Å². The van der Waals surface area contributed by atoms with Gasteiger partial charge < -0.3 is 21.1 Å². The smallest absolute Gasteiger partial charge is 0.326 e. The molecule has 1 unspecified atom stereocenters. The van der Waals surface area contributed by atoms with Crippen molar-refractivity contribution in [2.75, 3.05) is 6.54 Å². The molecule has 1 heterocycles. The summed E-state index contributed by atoms with van der Waals surface area (Å²) in [5, 5.41) is 11.6. The quantitative estimate of drug-likeness (QED) is 0.652. The standard InChI is InChI=1S/C14H25N3O4/c1-2-5-10-6-3-4-9-17(10)14(21)16-11(13(19)20)7-8-12(15)18/h10-11H,2-9H2,1H3,(H2,15,18)(H,16,21)(H,19,20)/t10?,11-/m0/s1. The lowest BCUT2D eigenvalue weighted by Crippen LogP contribution is -2.53. The third-order valence-corrected chi connectivity index (χ3v) is 3.79. The van der Waals surface area contributed by atoms with Gasteiger partial charge in [-0.05, 0) is 32.1 Å². The monoisotopic (exact) mass is 299 g/mol. The Bertz CT molecular complexity index is 384. The molecule has 0 aromatic carbocycles. The summed E-state index contributed by atoms with van der Waals surface area (Å²) in [6.07, 6.45) is 4.86. The molecule has 1 fully saturated rings. The largest absolute Gasteiger partial charge is 0.480 e. The fourth-order valence-electron chi connectivity index (χ4n) is 2.68. The van der Waals surface area contributed by atoms with Gasteiger partial charge in [-0.2, -0.15) is 0 Å². The van der Waals surface area contributed by atoms with Crippen molar-refractivity contribution in [2.24, 2.45) is 5.73 Å². The zero-order valence-electron chi connectivity index (χ0n) is 12.5. The van der Waals surface area contributed by atoms with Gasteiger partial charge in [0.15, 0.2) is 0 Å². The molecule has 120 valence electrons. The molecule has 0 aromatic rings. The summed E-state index contributed by atoms with van der Waals surface area (Å²) in [6, 6.07) is -1.26. The van der Waals surface area contributed by atoms with Gasteiger partial charge in [-0.1, -0.05) is 13.3 Å². The van der Waals surface area contributed by atoms with Crippen molar-refractivity contribution in [1.29, 1.82) is 0 Å². The Balaban J connectivity index is 2.61. The van der Waals surface area contributed by atoms with E-state index in [0.29, 0.717) is 6.54 Å². The highest BCUT2D eigenvalue weighted by Crippen LogP contribution is 2.21. The van der Waals surface area contributed by atoms with Crippen LogP contribution < -0.4 is 11.1 Å². The number of nitrogens with zero attached hydrogens (tertiary/aromatic N) is 1. The fourth-order valence-corrected chi connectivity index (χ4v) is 2.68. The van der Waals surface area contributed by atoms with Gasteiger partial charge >= 0.3 is 12.0 Å². The summed E-state index contributed by atoms with van der Waals surface area (Å²) in [5.74, 6) is -1.72. The molecule has 0 saturated carbocycles. The van der Waals surface area contributed by atoms with Crippen molar-refractivity contribution in [3.8, 4) is 0 Å². The summed E-state index contributed by atoms with van der Waals surface area (Å²) in [4.78, 5) is 35.9. The number of carboxylic acids is 1. The maximum Gasteiger partial charge on any atom is 0.326 e. The molecule has 0 aliphatic carbocycles. The normalized spacial score (nSPS) is 19.9. The zero-order chi connectivity index (χ0) is 15.8. The van der Waals surface area contributed by atoms with Crippen LogP contribution in [0.1, 0.15) is 51.9 Å². The molecule has 0 bridgehead atoms. The van der Waals surface area contributed by atoms with E-state index in [0.717, 1.165) is 32.1 Å². The number of rotatable bonds is 7. The SMILES string of the molecule is CCCC1CCCCN1C(=O)N[C@@H](CCC(N)=O)C(=O)O. The van der Waals surface area contributed by atoms with Crippen LogP contribution >= 0.6 is 0 Å². The summed E-state index contributed by atoms with van der Waals surface area (Å²) >= 11 is 0. The van der Waals surface area contributed by atoms with Gasteiger partial charge in [-0.3, -0.25) is 4.79 Å². The Morgan fingerprint density at radius 3 is 2.67 bits per heavy atom. The molecule has 7 nitrogen and oxygen atoms in total. The first-order valence-electron chi connectivity index (χ1n) is 7.54. The Hall–Kier alpha value is -1.79. The van der Waals surface area contributed by atoms with Crippen molar-refractivity contribution < 1.29 is 19.5 Å². The lowest BCUT2D eigenvalue weighted by Gasteiger charge is -2.36. The molecule has 1 saturated heterocycles. The number of likely N-dealkylation sites (tertiary alicyclic amines) is 1. The van der Waals surface area contributed by atoms with Crippen LogP contribution in [0.4, 0.5) is 4.79 Å². The highest BCUT2D eigenvalue weighted by Gasteiger charge is 2.29. The number of nitrogens with one attached hydrogen (secondary N) is 1. The third kappa shape index (κ3) is 5.61. The number of carbonyl (C=O) groups is 3. The van der Waals surface area contributed by atoms with E-state index < -0.39 is 17.9 Å². The van der Waals surface area contributed by atoms with Crippen LogP contribution in [-0.2, 0) is 9.59 Å². The van der Waals surface area contributed by atoms with Gasteiger partial charge in [0.1, 0.15) is 6.04 Å². The Kier molecular flexibility index (Phi) is 6.98. The zero-order valence-corrected chi connectivity index (χ0v) is 12.5. The van der Waals surface area contributed by atoms with Crippen LogP contribution in [0.15, 0.2) is 0 Å². The number of carbonyl (C=O) groups excluding carboxylic acids is 2. The van der Waals surface area contributed by atoms with Gasteiger partial charge in [0.05, 0.1) is 0 Å². The second kappa shape index (κ2) is 8.49. The van der Waals surface area contributed by atoms with Crippen LogP contribution in [0, 0.1) is 0 Å². The van der Waals surface area contributed by atoms with Crippen LogP contribution in [0.25, 0.3) is 0 Å². The number of urea groups is 1. The average molecular weight is 299 g/mol. The van der Waals surface area contributed by atoms with E-state index in [4.69, 9.17) is 10.8 Å². The molecule has 0 radical (unpaired) electrons. The summed E-state index contributed by atoms with van der Waals surface area (Å²) < 4.78 is 0. The molecule has 3 amide bonds. The van der Waals surface area contributed by atoms with E-state index in [2.05, 4.69) is 12.2 Å². The highest BCUT2D eigenvalue weighted by molar-refractivity contribution is 5.83. The van der Waals surface area contributed by atoms with E-state index in [9.17, 15) is 14.4 Å². The maximum atomic E-state index is 12.3. The molecular weight excluding hydrogens is 274 g/mol. The molecule has 21 heavy (non-hydrogen) atoms. The number of carboxylic acid groups (broad SMARTS) is 1. The predicted molar refractivity (Wildman–Crippen MR) is 77.6 cm³/mol. The van der Waals surface area contributed by atoms with Gasteiger partial charge in [-0.25, -0.2) is 9.59 Å². The highest BCUT2D eigenvalue weighted by atomic mass is 16.4. The number of hydrogen-bond donors (Lipinski definition) is 3. The molecule has 2 atom stereocenters. The first-order valence-corrected chi connectivity index (χ1v) is 7.54. The topological polar surface area (TPSA) is 113 Å². The number of aliphatic carboxylic acids is 1. The molecule has 0 aromatic heterocycles. The summed E-state index contributed by atoms with van der Waals surface area (Å²) in [5.41, 5.74) is 5.02. The second-order valence-corrected chi connectivity index (χ2v) is 5.48. The number of nitrogens with two attached hydrogens (primary N) is 1. The lowest BCUT2D eigenvalue weighted by molar-refractivity contribution is -0.139. The van der Waals surface area contributed by atoms with Gasteiger partial charge in [0.25, 0.3) is 0 Å². The van der Waals surface area contributed by atoms with E-state index >= 15 is 0 Å². The number of hydrogen-bond acceptors (Lipinski definition) is 3. The number of primary amides is 1. The maximum absolute atomic E-state index is 12.3. The average Bonchev–Trinajstić information content (AvgIpc) is 2.43. The van der Waals surface area contributed by atoms with E-state index in [-0.39, 0.29) is 24.9 Å². The van der Waals surface area contributed by atoms with Crippen LogP contribution in [0.2, 0.25) is 0 Å². The molecule has 0 spiro atoms. The molecule has 1 aliphatic heterocycles.